The molecule has 0 fully saturated rings. The van der Waals surface area contributed by atoms with E-state index in [4.69, 9.17) is 9.84 Å². The van der Waals surface area contributed by atoms with Gasteiger partial charge in [-0.1, -0.05) is 15.9 Å². The summed E-state index contributed by atoms with van der Waals surface area (Å²) in [5.74, 6) is -0.984. The average Bonchev–Trinajstić information content (AvgIpc) is 2.26. The molecule has 0 aromatic heterocycles. The molecular formula is C11H10BrNO5. The van der Waals surface area contributed by atoms with Crippen LogP contribution in [-0.2, 0) is 4.79 Å². The molecule has 0 radical (unpaired) electrons. The molecule has 0 amide bonds. The highest BCUT2D eigenvalue weighted by Gasteiger charge is 2.15. The average molecular weight is 316 g/mol. The zero-order chi connectivity index (χ0) is 13.7. The first kappa shape index (κ1) is 14.2. The summed E-state index contributed by atoms with van der Waals surface area (Å²) >= 11 is 3.13. The summed E-state index contributed by atoms with van der Waals surface area (Å²) in [6.45, 7) is 1.55. The van der Waals surface area contributed by atoms with Crippen LogP contribution in [0.15, 0.2) is 34.3 Å². The number of carboxylic acid groups (broad SMARTS) is 1. The van der Waals surface area contributed by atoms with Gasteiger partial charge in [0.25, 0.3) is 0 Å². The predicted octanol–water partition coefficient (Wildman–Crippen LogP) is 2.77. The van der Waals surface area contributed by atoms with Crippen molar-refractivity contribution in [2.75, 3.05) is 6.61 Å². The standard InChI is InChI=1S/C11H10BrNO5/c1-7(4-11(14)15)6-18-10-3-2-8(12)5-9(10)13(16)17/h2-5H,6H2,1H3,(H,14,15). The number of aliphatic carboxylic acids is 1. The Balaban J connectivity index is 2.85. The summed E-state index contributed by atoms with van der Waals surface area (Å²) in [4.78, 5) is 20.6. The van der Waals surface area contributed by atoms with Gasteiger partial charge in [0.2, 0.25) is 0 Å². The summed E-state index contributed by atoms with van der Waals surface area (Å²) in [5.41, 5.74) is 0.284. The maximum absolute atomic E-state index is 10.8. The molecule has 0 saturated heterocycles. The highest BCUT2D eigenvalue weighted by molar-refractivity contribution is 9.10. The van der Waals surface area contributed by atoms with Crippen molar-refractivity contribution in [2.24, 2.45) is 0 Å². The third-order valence-corrected chi connectivity index (χ3v) is 2.44. The van der Waals surface area contributed by atoms with Crippen LogP contribution < -0.4 is 4.74 Å². The monoisotopic (exact) mass is 315 g/mol. The molecule has 1 aromatic carbocycles. The lowest BCUT2D eigenvalue weighted by molar-refractivity contribution is -0.385. The fourth-order valence-electron chi connectivity index (χ4n) is 1.20. The van der Waals surface area contributed by atoms with Crippen molar-refractivity contribution in [3.8, 4) is 5.75 Å². The Morgan fingerprint density at radius 1 is 1.61 bits per heavy atom. The summed E-state index contributed by atoms with van der Waals surface area (Å²) in [6, 6.07) is 4.39. The van der Waals surface area contributed by atoms with Gasteiger partial charge in [0.1, 0.15) is 6.61 Å². The second-order valence-electron chi connectivity index (χ2n) is 3.49. The first-order chi connectivity index (χ1) is 8.40. The van der Waals surface area contributed by atoms with Gasteiger partial charge in [-0.2, -0.15) is 0 Å². The van der Waals surface area contributed by atoms with Crippen molar-refractivity contribution in [2.45, 2.75) is 6.92 Å². The first-order valence-corrected chi connectivity index (χ1v) is 5.66. The van der Waals surface area contributed by atoms with Crippen LogP contribution >= 0.6 is 15.9 Å². The Morgan fingerprint density at radius 2 is 2.28 bits per heavy atom. The van der Waals surface area contributed by atoms with E-state index >= 15 is 0 Å². The van der Waals surface area contributed by atoms with E-state index in [9.17, 15) is 14.9 Å². The molecule has 0 heterocycles. The quantitative estimate of drug-likeness (QED) is 0.512. The second kappa shape index (κ2) is 6.15. The Morgan fingerprint density at radius 3 is 2.83 bits per heavy atom. The van der Waals surface area contributed by atoms with Crippen LogP contribution in [0.5, 0.6) is 5.75 Å². The minimum atomic E-state index is -1.08. The number of halogens is 1. The molecule has 7 heteroatoms. The summed E-state index contributed by atoms with van der Waals surface area (Å²) in [6.07, 6.45) is 0.991. The number of ether oxygens (including phenoxy) is 1. The predicted molar refractivity (Wildman–Crippen MR) is 67.7 cm³/mol. The van der Waals surface area contributed by atoms with E-state index in [-0.39, 0.29) is 18.0 Å². The second-order valence-corrected chi connectivity index (χ2v) is 4.40. The molecule has 1 N–H and O–H groups in total. The molecule has 18 heavy (non-hydrogen) atoms. The molecule has 1 aromatic rings. The zero-order valence-electron chi connectivity index (χ0n) is 9.42. The SMILES string of the molecule is CC(=CC(=O)O)COc1ccc(Br)cc1[N+](=O)[O-]. The van der Waals surface area contributed by atoms with Crippen molar-refractivity contribution >= 4 is 27.6 Å². The molecule has 0 aliphatic heterocycles. The number of benzene rings is 1. The van der Waals surface area contributed by atoms with Crippen LogP contribution in [-0.4, -0.2) is 22.6 Å². The minimum Gasteiger partial charge on any atom is -0.482 e. The smallest absolute Gasteiger partial charge is 0.328 e. The fraction of sp³-hybridized carbons (Fsp3) is 0.182. The molecule has 0 bridgehead atoms. The lowest BCUT2D eigenvalue weighted by Gasteiger charge is -2.06. The normalized spacial score (nSPS) is 11.1. The van der Waals surface area contributed by atoms with E-state index in [0.29, 0.717) is 10.0 Å². The van der Waals surface area contributed by atoms with E-state index in [1.165, 1.54) is 12.1 Å². The molecule has 1 rings (SSSR count). The van der Waals surface area contributed by atoms with Gasteiger partial charge >= 0.3 is 11.7 Å². The van der Waals surface area contributed by atoms with Crippen LogP contribution in [0.25, 0.3) is 0 Å². The van der Waals surface area contributed by atoms with Crippen LogP contribution in [0.3, 0.4) is 0 Å². The zero-order valence-corrected chi connectivity index (χ0v) is 11.0. The molecule has 0 saturated carbocycles. The highest BCUT2D eigenvalue weighted by Crippen LogP contribution is 2.30. The summed E-state index contributed by atoms with van der Waals surface area (Å²) in [7, 11) is 0. The number of nitro benzene ring substituents is 1. The third kappa shape index (κ3) is 4.17. The molecule has 0 spiro atoms. The molecule has 6 nitrogen and oxygen atoms in total. The van der Waals surface area contributed by atoms with Crippen LogP contribution in [0.4, 0.5) is 5.69 Å². The molecule has 0 aliphatic rings. The van der Waals surface area contributed by atoms with Crippen molar-refractivity contribution in [1.82, 2.24) is 0 Å². The fourth-order valence-corrected chi connectivity index (χ4v) is 1.55. The van der Waals surface area contributed by atoms with E-state index in [2.05, 4.69) is 15.9 Å². The third-order valence-electron chi connectivity index (χ3n) is 1.94. The van der Waals surface area contributed by atoms with Gasteiger partial charge in [-0.05, 0) is 24.6 Å². The Hall–Kier alpha value is -1.89. The van der Waals surface area contributed by atoms with Crippen molar-refractivity contribution in [3.05, 3.63) is 44.4 Å². The van der Waals surface area contributed by atoms with Gasteiger partial charge in [0, 0.05) is 16.6 Å². The Kier molecular flexibility index (Phi) is 4.85. The Bertz CT molecular complexity index is 512. The first-order valence-electron chi connectivity index (χ1n) is 4.87. The van der Waals surface area contributed by atoms with E-state index < -0.39 is 10.9 Å². The van der Waals surface area contributed by atoms with Gasteiger partial charge in [-0.3, -0.25) is 10.1 Å². The van der Waals surface area contributed by atoms with Crippen LogP contribution in [0.1, 0.15) is 6.92 Å². The maximum Gasteiger partial charge on any atom is 0.328 e. The lowest BCUT2D eigenvalue weighted by Crippen LogP contribution is -2.03. The van der Waals surface area contributed by atoms with Crippen molar-refractivity contribution < 1.29 is 19.6 Å². The summed E-state index contributed by atoms with van der Waals surface area (Å²) in [5, 5.41) is 19.3. The molecule has 0 unspecified atom stereocenters. The van der Waals surface area contributed by atoms with Crippen molar-refractivity contribution in [3.63, 3.8) is 0 Å². The Labute approximate surface area is 111 Å². The van der Waals surface area contributed by atoms with Gasteiger partial charge in [-0.15, -0.1) is 0 Å². The van der Waals surface area contributed by atoms with E-state index in [0.717, 1.165) is 6.08 Å². The van der Waals surface area contributed by atoms with Gasteiger partial charge in [-0.25, -0.2) is 4.79 Å². The number of nitrogens with zero attached hydrogens (tertiary/aromatic N) is 1. The van der Waals surface area contributed by atoms with Gasteiger partial charge < -0.3 is 9.84 Å². The molecular weight excluding hydrogens is 306 g/mol. The van der Waals surface area contributed by atoms with E-state index in [1.807, 2.05) is 0 Å². The number of rotatable bonds is 5. The van der Waals surface area contributed by atoms with E-state index in [1.54, 1.807) is 13.0 Å². The number of nitro groups is 1. The highest BCUT2D eigenvalue weighted by atomic mass is 79.9. The molecule has 0 atom stereocenters. The van der Waals surface area contributed by atoms with Crippen molar-refractivity contribution in [1.29, 1.82) is 0 Å². The lowest BCUT2D eigenvalue weighted by atomic mass is 10.3. The largest absolute Gasteiger partial charge is 0.482 e. The minimum absolute atomic E-state index is 0.0191. The molecule has 0 aliphatic carbocycles. The maximum atomic E-state index is 10.8. The number of hydrogen-bond acceptors (Lipinski definition) is 4. The number of carboxylic acids is 1. The van der Waals surface area contributed by atoms with Gasteiger partial charge in [0.05, 0.1) is 4.92 Å². The number of carbonyl (C=O) groups is 1. The van der Waals surface area contributed by atoms with Gasteiger partial charge in [0.15, 0.2) is 5.75 Å². The number of hydrogen-bond donors (Lipinski definition) is 1. The topological polar surface area (TPSA) is 89.7 Å². The molecule has 96 valence electrons. The summed E-state index contributed by atoms with van der Waals surface area (Å²) < 4.78 is 5.79. The van der Waals surface area contributed by atoms with Crippen LogP contribution in [0.2, 0.25) is 0 Å². The van der Waals surface area contributed by atoms with Crippen LogP contribution in [0, 0.1) is 10.1 Å².